The van der Waals surface area contributed by atoms with Crippen LogP contribution in [0.1, 0.15) is 0 Å². The van der Waals surface area contributed by atoms with Gasteiger partial charge in [-0.05, 0) is 35.3 Å². The van der Waals surface area contributed by atoms with Gasteiger partial charge < -0.3 is 0 Å². The van der Waals surface area contributed by atoms with Crippen LogP contribution in [0.5, 0.6) is 0 Å². The van der Waals surface area contributed by atoms with Crippen LogP contribution in [-0.4, -0.2) is 11.7 Å². The topological polar surface area (TPSA) is 185 Å². The smallest absolute Gasteiger partial charge is 0.270 e. The van der Waals surface area contributed by atoms with Crippen molar-refractivity contribution in [2.24, 2.45) is 0 Å². The summed E-state index contributed by atoms with van der Waals surface area (Å²) >= 11 is 0. The molecule has 0 amide bonds. The van der Waals surface area contributed by atoms with Crippen molar-refractivity contribution in [3.8, 4) is 0 Å². The van der Waals surface area contributed by atoms with E-state index in [0.717, 1.165) is 0 Å². The monoisotopic (exact) mass is 302 g/mol. The van der Waals surface area contributed by atoms with Gasteiger partial charge in [0.15, 0.2) is 0 Å². The van der Waals surface area contributed by atoms with E-state index in [9.17, 15) is 4.79 Å². The van der Waals surface area contributed by atoms with E-state index < -0.39 is 0 Å². The molecule has 0 bridgehead atoms. The molecule has 0 unspecified atom stereocenters. The molecule has 0 saturated heterocycles. The van der Waals surface area contributed by atoms with Crippen molar-refractivity contribution < 1.29 is 90.5 Å². The first-order valence-electron chi connectivity index (χ1n) is 3.15. The normalized spacial score (nSPS) is 10.6. The predicted octanol–water partition coefficient (Wildman–Crippen LogP) is -1.39. The van der Waals surface area contributed by atoms with Crippen LogP contribution in [-0.2, 0) is 85.3 Å². The van der Waals surface area contributed by atoms with Gasteiger partial charge in [-0.2, -0.15) is 0 Å². The molecule has 0 saturated carbocycles. The van der Waals surface area contributed by atoms with Gasteiger partial charge in [0.1, 0.15) is 0 Å². The maximum absolute atomic E-state index is 9.45. The predicted molar refractivity (Wildman–Crippen MR) is 26.1 cm³/mol. The lowest BCUT2D eigenvalue weighted by atomic mass is 11.7. The van der Waals surface area contributed by atoms with Gasteiger partial charge in [0.2, 0.25) is 0 Å². The molecule has 18 nitrogen and oxygen atoms in total. The van der Waals surface area contributed by atoms with E-state index in [1.54, 1.807) is 0 Å². The molecule has 0 aliphatic heterocycles. The minimum Gasteiger partial charge on any atom is -0.270 e. The van der Waals surface area contributed by atoms with Gasteiger partial charge in [0.25, 0.3) is 0 Å². The van der Waals surface area contributed by atoms with E-state index in [1.165, 1.54) is 0 Å². The molecule has 0 aliphatic carbocycles. The summed E-state index contributed by atoms with van der Waals surface area (Å²) in [7, 11) is 0. The minimum absolute atomic E-state index is 0.144. The molecule has 18 heteroatoms. The fourth-order valence-corrected chi connectivity index (χ4v) is 0.181. The second-order valence-electron chi connectivity index (χ2n) is 1.22. The van der Waals surface area contributed by atoms with E-state index in [2.05, 4.69) is 80.5 Å². The average molecular weight is 302 g/mol. The van der Waals surface area contributed by atoms with Crippen molar-refractivity contribution in [1.29, 1.82) is 0 Å². The molecule has 0 atom stereocenters. The van der Waals surface area contributed by atoms with Gasteiger partial charge in [0.05, 0.1) is 0 Å². The quantitative estimate of drug-likeness (QED) is 0.152. The van der Waals surface area contributed by atoms with Crippen LogP contribution in [0.3, 0.4) is 0 Å². The fourth-order valence-electron chi connectivity index (χ4n) is 0.181. The Kier molecular flexibility index (Phi) is 15.8. The third-order valence-electron chi connectivity index (χ3n) is 0.470. The maximum Gasteiger partial charge on any atom is 0.334 e. The molecule has 0 aromatic carbocycles. The second-order valence-corrected chi connectivity index (χ2v) is 1.22. The van der Waals surface area contributed by atoms with E-state index in [4.69, 9.17) is 5.26 Å². The summed E-state index contributed by atoms with van der Waals surface area (Å²) in [5.74, 6) is 0. The van der Waals surface area contributed by atoms with Crippen LogP contribution in [0.15, 0.2) is 0 Å². The number of carbonyl (C=O) groups is 1. The summed E-state index contributed by atoms with van der Waals surface area (Å²) < 4.78 is 0. The van der Waals surface area contributed by atoms with Crippen LogP contribution in [0.4, 0.5) is 0 Å². The molecule has 0 fully saturated rings. The highest BCUT2D eigenvalue weighted by Gasteiger charge is 1.98. The molecule has 1 N–H and O–H groups in total. The third kappa shape index (κ3) is 16.8. The molecule has 0 aromatic rings. The molecule has 19 heavy (non-hydrogen) atoms. The Hall–Kier alpha value is -1.17. The zero-order valence-corrected chi connectivity index (χ0v) is 7.96. The zero-order valence-electron chi connectivity index (χ0n) is 7.96. The van der Waals surface area contributed by atoms with Gasteiger partial charge in [0, 0.05) is 40.3 Å². The highest BCUT2D eigenvalue weighted by Crippen LogP contribution is 1.92. The zero-order chi connectivity index (χ0) is 14.0. The molecule has 0 rings (SSSR count). The first kappa shape index (κ1) is 17.8. The van der Waals surface area contributed by atoms with Crippen molar-refractivity contribution in [3.05, 3.63) is 0 Å². The molecular formula is CH2O18. The molecule has 0 aliphatic rings. The Balaban J connectivity index is 2.89. The lowest BCUT2D eigenvalue weighted by Gasteiger charge is -1.98. The van der Waals surface area contributed by atoms with Crippen LogP contribution >= 0.6 is 0 Å². The molecular weight excluding hydrogens is 300 g/mol. The lowest BCUT2D eigenvalue weighted by Crippen LogP contribution is -2.04. The van der Waals surface area contributed by atoms with Gasteiger partial charge >= 0.3 is 6.47 Å². The largest absolute Gasteiger partial charge is 0.334 e. The van der Waals surface area contributed by atoms with E-state index in [0.29, 0.717) is 0 Å². The third-order valence-corrected chi connectivity index (χ3v) is 0.470. The summed E-state index contributed by atoms with van der Waals surface area (Å²) in [5.41, 5.74) is 0. The van der Waals surface area contributed by atoms with Gasteiger partial charge in [-0.3, -0.25) is 9.68 Å². The molecule has 0 aromatic heterocycles. The van der Waals surface area contributed by atoms with Crippen LogP contribution in [0, 0.1) is 0 Å². The average Bonchev–Trinajstić information content (AvgIpc) is 2.43. The summed E-state index contributed by atoms with van der Waals surface area (Å²) in [4.78, 5) is 12.9. The maximum atomic E-state index is 9.45. The van der Waals surface area contributed by atoms with Gasteiger partial charge in [-0.25, -0.2) is 5.26 Å². The first-order chi connectivity index (χ1) is 9.41. The van der Waals surface area contributed by atoms with Crippen LogP contribution in [0.2, 0.25) is 0 Å². The van der Waals surface area contributed by atoms with E-state index >= 15 is 0 Å². The molecule has 114 valence electrons. The highest BCUT2D eigenvalue weighted by molar-refractivity contribution is 5.35. The number of carbonyl (C=O) groups excluding carboxylic acids is 1. The van der Waals surface area contributed by atoms with Gasteiger partial charge in [-0.15, -0.1) is 0 Å². The fraction of sp³-hybridized carbons (Fsp3) is 0. The van der Waals surface area contributed by atoms with Crippen molar-refractivity contribution in [2.75, 3.05) is 0 Å². The lowest BCUT2D eigenvalue weighted by molar-refractivity contribution is -0.886. The first-order valence-corrected chi connectivity index (χ1v) is 3.15. The Labute approximate surface area is 98.4 Å². The number of rotatable bonds is 16. The summed E-state index contributed by atoms with van der Waals surface area (Å²) in [6.07, 6.45) is 0. The number of hydrogen-bond acceptors (Lipinski definition) is 18. The van der Waals surface area contributed by atoms with Crippen molar-refractivity contribution in [3.63, 3.8) is 0 Å². The Morgan fingerprint density at radius 1 is 0.526 bits per heavy atom. The van der Waals surface area contributed by atoms with E-state index in [1.807, 2.05) is 0 Å². The van der Waals surface area contributed by atoms with E-state index in [-0.39, 0.29) is 6.47 Å². The second kappa shape index (κ2) is 16.8. The summed E-state index contributed by atoms with van der Waals surface area (Å²) in [6.45, 7) is -0.144. The SMILES string of the molecule is O=COOOOOOOOOOOOOOOOO. The molecule has 0 heterocycles. The molecule has 0 spiro atoms. The highest BCUT2D eigenvalue weighted by atomic mass is 18.0. The Morgan fingerprint density at radius 2 is 0.842 bits per heavy atom. The summed E-state index contributed by atoms with van der Waals surface area (Å²) in [6, 6.07) is 0. The number of hydrogen-bond donors (Lipinski definition) is 1. The van der Waals surface area contributed by atoms with Gasteiger partial charge in [-0.1, -0.05) is 0 Å². The van der Waals surface area contributed by atoms with Crippen LogP contribution < -0.4 is 0 Å². The Bertz CT molecular complexity index is 165. The van der Waals surface area contributed by atoms with Crippen LogP contribution in [0.25, 0.3) is 0 Å². The summed E-state index contributed by atoms with van der Waals surface area (Å²) in [5, 5.41) is 58.2. The molecule has 0 radical (unpaired) electrons. The minimum atomic E-state index is -0.144. The van der Waals surface area contributed by atoms with Crippen molar-refractivity contribution >= 4 is 6.47 Å². The van der Waals surface area contributed by atoms with Crippen molar-refractivity contribution in [1.82, 2.24) is 0 Å². The standard InChI is InChI=1S/CH2O18/c2-1-4-6-8-10-12-14-16-18-19-17-15-13-11-9-7-5-3/h1,3H. The Morgan fingerprint density at radius 3 is 1.16 bits per heavy atom. The van der Waals surface area contributed by atoms with Crippen molar-refractivity contribution in [2.45, 2.75) is 0 Å².